The average Bonchev–Trinajstić information content (AvgIpc) is 2.86. The van der Waals surface area contributed by atoms with Crippen LogP contribution in [0.1, 0.15) is 25.3 Å². The summed E-state index contributed by atoms with van der Waals surface area (Å²) < 4.78 is 5.51. The standard InChI is InChI=1S/C14H19N3O/c1-10(2)12-7-11(17-5-3-15-4-6-17)8-13-14(12)18-9-16-13/h7-10,15H,3-6H2,1-2H3. The minimum absolute atomic E-state index is 0.448. The Morgan fingerprint density at radius 1 is 1.28 bits per heavy atom. The molecule has 2 heterocycles. The normalized spacial score (nSPS) is 16.7. The zero-order valence-electron chi connectivity index (χ0n) is 10.9. The van der Waals surface area contributed by atoms with Crippen LogP contribution in [0.4, 0.5) is 5.69 Å². The number of hydrogen-bond donors (Lipinski definition) is 1. The van der Waals surface area contributed by atoms with E-state index in [-0.39, 0.29) is 0 Å². The molecule has 1 fully saturated rings. The summed E-state index contributed by atoms with van der Waals surface area (Å²) in [7, 11) is 0. The van der Waals surface area contributed by atoms with Crippen LogP contribution < -0.4 is 10.2 Å². The maximum absolute atomic E-state index is 5.51. The van der Waals surface area contributed by atoms with Gasteiger partial charge in [-0.15, -0.1) is 0 Å². The first-order chi connectivity index (χ1) is 8.75. The highest BCUT2D eigenvalue weighted by molar-refractivity contribution is 5.81. The van der Waals surface area contributed by atoms with Gasteiger partial charge in [0.2, 0.25) is 0 Å². The van der Waals surface area contributed by atoms with Gasteiger partial charge < -0.3 is 14.6 Å². The Balaban J connectivity index is 2.06. The van der Waals surface area contributed by atoms with E-state index >= 15 is 0 Å². The van der Waals surface area contributed by atoms with Crippen LogP contribution in [0.2, 0.25) is 0 Å². The van der Waals surface area contributed by atoms with Crippen LogP contribution in [0.5, 0.6) is 0 Å². The van der Waals surface area contributed by atoms with E-state index in [9.17, 15) is 0 Å². The number of nitrogens with zero attached hydrogens (tertiary/aromatic N) is 2. The molecule has 4 nitrogen and oxygen atoms in total. The van der Waals surface area contributed by atoms with Crippen molar-refractivity contribution in [3.8, 4) is 0 Å². The molecule has 0 amide bonds. The lowest BCUT2D eigenvalue weighted by atomic mass is 10.0. The first-order valence-corrected chi connectivity index (χ1v) is 6.58. The molecule has 0 bridgehead atoms. The van der Waals surface area contributed by atoms with E-state index in [1.54, 1.807) is 0 Å². The van der Waals surface area contributed by atoms with Crippen LogP contribution in [-0.4, -0.2) is 31.2 Å². The highest BCUT2D eigenvalue weighted by Gasteiger charge is 2.16. The van der Waals surface area contributed by atoms with E-state index in [1.807, 2.05) is 0 Å². The molecule has 1 N–H and O–H groups in total. The second-order valence-electron chi connectivity index (χ2n) is 5.13. The number of fused-ring (bicyclic) bond motifs is 1. The minimum Gasteiger partial charge on any atom is -0.443 e. The Morgan fingerprint density at radius 2 is 2.06 bits per heavy atom. The number of hydrogen-bond acceptors (Lipinski definition) is 4. The average molecular weight is 245 g/mol. The van der Waals surface area contributed by atoms with Gasteiger partial charge >= 0.3 is 0 Å². The van der Waals surface area contributed by atoms with E-state index in [0.29, 0.717) is 5.92 Å². The van der Waals surface area contributed by atoms with E-state index in [4.69, 9.17) is 4.42 Å². The molecule has 1 aromatic carbocycles. The molecule has 4 heteroatoms. The fourth-order valence-corrected chi connectivity index (χ4v) is 2.51. The van der Waals surface area contributed by atoms with Crippen molar-refractivity contribution in [2.45, 2.75) is 19.8 Å². The predicted molar refractivity (Wildman–Crippen MR) is 73.2 cm³/mol. The number of aromatic nitrogens is 1. The summed E-state index contributed by atoms with van der Waals surface area (Å²) in [4.78, 5) is 6.72. The molecular weight excluding hydrogens is 226 g/mol. The zero-order chi connectivity index (χ0) is 12.5. The highest BCUT2D eigenvalue weighted by Crippen LogP contribution is 2.30. The molecule has 0 spiro atoms. The lowest BCUT2D eigenvalue weighted by Gasteiger charge is -2.30. The smallest absolute Gasteiger partial charge is 0.181 e. The number of oxazole rings is 1. The number of benzene rings is 1. The first-order valence-electron chi connectivity index (χ1n) is 6.58. The number of rotatable bonds is 2. The molecule has 2 aromatic rings. The summed E-state index contributed by atoms with van der Waals surface area (Å²) in [6.45, 7) is 8.60. The fraction of sp³-hybridized carbons (Fsp3) is 0.500. The van der Waals surface area contributed by atoms with Gasteiger partial charge in [0.25, 0.3) is 0 Å². The summed E-state index contributed by atoms with van der Waals surface area (Å²) in [5, 5.41) is 3.38. The van der Waals surface area contributed by atoms with Crippen molar-refractivity contribution in [1.29, 1.82) is 0 Å². The number of anilines is 1. The van der Waals surface area contributed by atoms with Crippen molar-refractivity contribution in [2.24, 2.45) is 0 Å². The van der Waals surface area contributed by atoms with Gasteiger partial charge in [0, 0.05) is 37.4 Å². The molecule has 0 aliphatic carbocycles. The topological polar surface area (TPSA) is 41.3 Å². The van der Waals surface area contributed by atoms with Crippen LogP contribution in [0.25, 0.3) is 11.1 Å². The molecule has 1 saturated heterocycles. The second-order valence-corrected chi connectivity index (χ2v) is 5.13. The van der Waals surface area contributed by atoms with Crippen LogP contribution >= 0.6 is 0 Å². The maximum atomic E-state index is 5.51. The molecular formula is C14H19N3O. The zero-order valence-corrected chi connectivity index (χ0v) is 10.9. The van der Waals surface area contributed by atoms with E-state index < -0.39 is 0 Å². The lowest BCUT2D eigenvalue weighted by Crippen LogP contribution is -2.43. The second kappa shape index (κ2) is 4.61. The van der Waals surface area contributed by atoms with E-state index in [2.05, 4.69) is 41.2 Å². The van der Waals surface area contributed by atoms with Crippen molar-refractivity contribution >= 4 is 16.8 Å². The SMILES string of the molecule is CC(C)c1cc(N2CCNCC2)cc2ncoc12. The van der Waals surface area contributed by atoms with Gasteiger partial charge in [-0.3, -0.25) is 0 Å². The lowest BCUT2D eigenvalue weighted by molar-refractivity contribution is 0.587. The third kappa shape index (κ3) is 1.97. The molecule has 0 saturated carbocycles. The first kappa shape index (κ1) is 11.5. The van der Waals surface area contributed by atoms with Gasteiger partial charge in [0.15, 0.2) is 12.0 Å². The Labute approximate surface area is 107 Å². The van der Waals surface area contributed by atoms with Crippen LogP contribution in [0.15, 0.2) is 22.9 Å². The molecule has 1 aliphatic rings. The molecule has 0 radical (unpaired) electrons. The van der Waals surface area contributed by atoms with Gasteiger partial charge in [0.05, 0.1) is 0 Å². The quantitative estimate of drug-likeness (QED) is 0.882. The molecule has 1 aliphatic heterocycles. The van der Waals surface area contributed by atoms with E-state index in [1.165, 1.54) is 17.6 Å². The van der Waals surface area contributed by atoms with Gasteiger partial charge in [-0.2, -0.15) is 0 Å². The van der Waals surface area contributed by atoms with Crippen molar-refractivity contribution in [3.63, 3.8) is 0 Å². The molecule has 0 unspecified atom stereocenters. The Kier molecular flexibility index (Phi) is 2.96. The summed E-state index contributed by atoms with van der Waals surface area (Å²) >= 11 is 0. The van der Waals surface area contributed by atoms with Gasteiger partial charge in [0.1, 0.15) is 5.52 Å². The van der Waals surface area contributed by atoms with Gasteiger partial charge in [-0.25, -0.2) is 4.98 Å². The van der Waals surface area contributed by atoms with Crippen LogP contribution in [0, 0.1) is 0 Å². The predicted octanol–water partition coefficient (Wildman–Crippen LogP) is 2.36. The van der Waals surface area contributed by atoms with Crippen molar-refractivity contribution in [1.82, 2.24) is 10.3 Å². The molecule has 3 rings (SSSR count). The third-order valence-corrected chi connectivity index (χ3v) is 3.55. The minimum atomic E-state index is 0.448. The summed E-state index contributed by atoms with van der Waals surface area (Å²) in [6.07, 6.45) is 1.54. The summed E-state index contributed by atoms with van der Waals surface area (Å²) in [5.41, 5.74) is 4.42. The Morgan fingerprint density at radius 3 is 2.78 bits per heavy atom. The Bertz CT molecular complexity index is 541. The van der Waals surface area contributed by atoms with Crippen molar-refractivity contribution in [3.05, 3.63) is 24.1 Å². The van der Waals surface area contributed by atoms with Gasteiger partial charge in [-0.1, -0.05) is 13.8 Å². The highest BCUT2D eigenvalue weighted by atomic mass is 16.3. The Hall–Kier alpha value is -1.55. The fourth-order valence-electron chi connectivity index (χ4n) is 2.51. The van der Waals surface area contributed by atoms with Crippen molar-refractivity contribution < 1.29 is 4.42 Å². The van der Waals surface area contributed by atoms with Gasteiger partial charge in [-0.05, 0) is 18.1 Å². The van der Waals surface area contributed by atoms with Crippen molar-refractivity contribution in [2.75, 3.05) is 31.1 Å². The largest absolute Gasteiger partial charge is 0.443 e. The molecule has 18 heavy (non-hydrogen) atoms. The molecule has 96 valence electrons. The summed E-state index contributed by atoms with van der Waals surface area (Å²) in [5.74, 6) is 0.448. The molecule has 1 aromatic heterocycles. The number of piperazine rings is 1. The monoisotopic (exact) mass is 245 g/mol. The summed E-state index contributed by atoms with van der Waals surface area (Å²) in [6, 6.07) is 4.39. The third-order valence-electron chi connectivity index (χ3n) is 3.55. The van der Waals surface area contributed by atoms with Crippen LogP contribution in [-0.2, 0) is 0 Å². The maximum Gasteiger partial charge on any atom is 0.181 e. The van der Waals surface area contributed by atoms with Crippen LogP contribution in [0.3, 0.4) is 0 Å². The number of nitrogens with one attached hydrogen (secondary N) is 1. The molecule has 0 atom stereocenters. The van der Waals surface area contributed by atoms with E-state index in [0.717, 1.165) is 37.3 Å².